The minimum Gasteiger partial charge on any atom is -0.461 e. The zero-order valence-corrected chi connectivity index (χ0v) is 15.6. The summed E-state index contributed by atoms with van der Waals surface area (Å²) in [5, 5.41) is 0. The standard InChI is InChI=1S/C18H35NO3/c1-14(2)21-16(20)15(22-17(3,4)5)8-11-19-12-9-18(6,7)10-13-19/h14-15H,8-13H2,1-7H3. The second kappa shape index (κ2) is 7.78. The van der Waals surface area contributed by atoms with Crippen molar-refractivity contribution in [3.63, 3.8) is 0 Å². The van der Waals surface area contributed by atoms with E-state index in [1.165, 1.54) is 12.8 Å². The van der Waals surface area contributed by atoms with Crippen LogP contribution in [0.4, 0.5) is 0 Å². The molecule has 0 radical (unpaired) electrons. The highest BCUT2D eigenvalue weighted by atomic mass is 16.6. The summed E-state index contributed by atoms with van der Waals surface area (Å²) in [4.78, 5) is 14.7. The highest BCUT2D eigenvalue weighted by Gasteiger charge is 2.30. The van der Waals surface area contributed by atoms with E-state index in [1.807, 2.05) is 34.6 Å². The smallest absolute Gasteiger partial charge is 0.335 e. The number of nitrogens with zero attached hydrogens (tertiary/aromatic N) is 1. The molecule has 1 rings (SSSR count). The van der Waals surface area contributed by atoms with Gasteiger partial charge in [0.15, 0.2) is 6.10 Å². The fourth-order valence-electron chi connectivity index (χ4n) is 2.64. The Morgan fingerprint density at radius 2 is 1.73 bits per heavy atom. The maximum Gasteiger partial charge on any atom is 0.335 e. The molecular weight excluding hydrogens is 278 g/mol. The minimum atomic E-state index is -0.475. The lowest BCUT2D eigenvalue weighted by atomic mass is 9.82. The van der Waals surface area contributed by atoms with Crippen LogP contribution in [0.5, 0.6) is 0 Å². The lowest BCUT2D eigenvalue weighted by molar-refractivity contribution is -0.171. The van der Waals surface area contributed by atoms with Crippen LogP contribution in [0.1, 0.15) is 67.7 Å². The molecule has 1 heterocycles. The first-order valence-corrected chi connectivity index (χ1v) is 8.59. The molecular formula is C18H35NO3. The number of ether oxygens (including phenoxy) is 2. The zero-order valence-electron chi connectivity index (χ0n) is 15.6. The van der Waals surface area contributed by atoms with Gasteiger partial charge in [0, 0.05) is 6.54 Å². The highest BCUT2D eigenvalue weighted by molar-refractivity contribution is 5.74. The summed E-state index contributed by atoms with van der Waals surface area (Å²) in [7, 11) is 0. The van der Waals surface area contributed by atoms with Crippen LogP contribution in [0, 0.1) is 5.41 Å². The highest BCUT2D eigenvalue weighted by Crippen LogP contribution is 2.29. The quantitative estimate of drug-likeness (QED) is 0.702. The van der Waals surface area contributed by atoms with Gasteiger partial charge >= 0.3 is 5.97 Å². The summed E-state index contributed by atoms with van der Waals surface area (Å²) in [6.07, 6.45) is 2.55. The summed E-state index contributed by atoms with van der Waals surface area (Å²) in [5.74, 6) is -0.234. The SMILES string of the molecule is CC(C)OC(=O)C(CCN1CCC(C)(C)CC1)OC(C)(C)C. The number of likely N-dealkylation sites (tertiary alicyclic amines) is 1. The van der Waals surface area contributed by atoms with E-state index in [2.05, 4.69) is 18.7 Å². The zero-order chi connectivity index (χ0) is 17.0. The molecule has 1 unspecified atom stereocenters. The molecule has 1 fully saturated rings. The normalized spacial score (nSPS) is 20.9. The third-order valence-electron chi connectivity index (χ3n) is 4.03. The molecule has 0 aromatic heterocycles. The summed E-state index contributed by atoms with van der Waals surface area (Å²) in [5.41, 5.74) is 0.110. The van der Waals surface area contributed by atoms with Crippen molar-refractivity contribution >= 4 is 5.97 Å². The first-order chi connectivity index (χ1) is 9.98. The Morgan fingerprint density at radius 3 is 2.18 bits per heavy atom. The van der Waals surface area contributed by atoms with Crippen molar-refractivity contribution in [3.05, 3.63) is 0 Å². The maximum absolute atomic E-state index is 12.2. The van der Waals surface area contributed by atoms with Crippen molar-refractivity contribution in [2.75, 3.05) is 19.6 Å². The van der Waals surface area contributed by atoms with Gasteiger partial charge in [-0.2, -0.15) is 0 Å². The van der Waals surface area contributed by atoms with Gasteiger partial charge in [0.25, 0.3) is 0 Å². The lowest BCUT2D eigenvalue weighted by Crippen LogP contribution is -2.41. The van der Waals surface area contributed by atoms with Crippen LogP contribution in [0.3, 0.4) is 0 Å². The van der Waals surface area contributed by atoms with Crippen LogP contribution < -0.4 is 0 Å². The molecule has 1 aliphatic heterocycles. The Labute approximate surface area is 136 Å². The fourth-order valence-corrected chi connectivity index (χ4v) is 2.64. The largest absolute Gasteiger partial charge is 0.461 e. The molecule has 130 valence electrons. The van der Waals surface area contributed by atoms with Crippen LogP contribution in [0.2, 0.25) is 0 Å². The predicted molar refractivity (Wildman–Crippen MR) is 89.9 cm³/mol. The minimum absolute atomic E-state index is 0.102. The third kappa shape index (κ3) is 7.59. The Kier molecular flexibility index (Phi) is 6.87. The molecule has 0 aromatic carbocycles. The van der Waals surface area contributed by atoms with Crippen LogP contribution in [-0.2, 0) is 14.3 Å². The second-order valence-electron chi connectivity index (χ2n) is 8.50. The summed E-state index contributed by atoms with van der Waals surface area (Å²) in [6.45, 7) is 17.4. The summed E-state index contributed by atoms with van der Waals surface area (Å²) >= 11 is 0. The molecule has 0 amide bonds. The number of rotatable bonds is 6. The van der Waals surface area contributed by atoms with E-state index in [-0.39, 0.29) is 17.7 Å². The monoisotopic (exact) mass is 313 g/mol. The molecule has 4 heteroatoms. The van der Waals surface area contributed by atoms with Gasteiger partial charge in [-0.05, 0) is 72.4 Å². The summed E-state index contributed by atoms with van der Waals surface area (Å²) in [6, 6.07) is 0. The summed E-state index contributed by atoms with van der Waals surface area (Å²) < 4.78 is 11.3. The average molecular weight is 313 g/mol. The third-order valence-corrected chi connectivity index (χ3v) is 4.03. The van der Waals surface area contributed by atoms with E-state index < -0.39 is 6.10 Å². The van der Waals surface area contributed by atoms with Crippen LogP contribution in [0.25, 0.3) is 0 Å². The maximum atomic E-state index is 12.2. The van der Waals surface area contributed by atoms with Gasteiger partial charge in [0.05, 0.1) is 11.7 Å². The van der Waals surface area contributed by atoms with Crippen molar-refractivity contribution in [2.45, 2.75) is 85.5 Å². The van der Waals surface area contributed by atoms with Crippen molar-refractivity contribution in [2.24, 2.45) is 5.41 Å². The molecule has 4 nitrogen and oxygen atoms in total. The molecule has 0 bridgehead atoms. The van der Waals surface area contributed by atoms with Gasteiger partial charge < -0.3 is 14.4 Å². The number of esters is 1. The number of carbonyl (C=O) groups excluding carboxylic acids is 1. The van der Waals surface area contributed by atoms with E-state index in [9.17, 15) is 4.79 Å². The van der Waals surface area contributed by atoms with Gasteiger partial charge in [-0.1, -0.05) is 13.8 Å². The average Bonchev–Trinajstić information content (AvgIpc) is 2.33. The molecule has 1 saturated heterocycles. The fraction of sp³-hybridized carbons (Fsp3) is 0.944. The van der Waals surface area contributed by atoms with E-state index >= 15 is 0 Å². The van der Waals surface area contributed by atoms with Gasteiger partial charge in [-0.25, -0.2) is 4.79 Å². The van der Waals surface area contributed by atoms with E-state index in [0.717, 1.165) is 19.6 Å². The van der Waals surface area contributed by atoms with Crippen LogP contribution in [0.15, 0.2) is 0 Å². The second-order valence-corrected chi connectivity index (χ2v) is 8.50. The Hall–Kier alpha value is -0.610. The van der Waals surface area contributed by atoms with Gasteiger partial charge in [-0.3, -0.25) is 0 Å². The number of hydrogen-bond donors (Lipinski definition) is 0. The number of carbonyl (C=O) groups is 1. The number of piperidine rings is 1. The van der Waals surface area contributed by atoms with E-state index in [1.54, 1.807) is 0 Å². The van der Waals surface area contributed by atoms with Crippen LogP contribution >= 0.6 is 0 Å². The number of hydrogen-bond acceptors (Lipinski definition) is 4. The van der Waals surface area contributed by atoms with Crippen molar-refractivity contribution in [1.82, 2.24) is 4.90 Å². The van der Waals surface area contributed by atoms with Crippen LogP contribution in [-0.4, -0.2) is 48.3 Å². The molecule has 0 spiro atoms. The molecule has 0 saturated carbocycles. The molecule has 22 heavy (non-hydrogen) atoms. The Balaban J connectivity index is 2.52. The topological polar surface area (TPSA) is 38.8 Å². The van der Waals surface area contributed by atoms with Crippen molar-refractivity contribution in [3.8, 4) is 0 Å². The molecule has 0 aromatic rings. The molecule has 1 aliphatic rings. The van der Waals surface area contributed by atoms with Gasteiger partial charge in [0.2, 0.25) is 0 Å². The van der Waals surface area contributed by atoms with E-state index in [0.29, 0.717) is 11.8 Å². The molecule has 1 atom stereocenters. The predicted octanol–water partition coefficient (Wildman–Crippen LogP) is 3.63. The molecule has 0 aliphatic carbocycles. The van der Waals surface area contributed by atoms with Crippen molar-refractivity contribution in [1.29, 1.82) is 0 Å². The van der Waals surface area contributed by atoms with E-state index in [4.69, 9.17) is 9.47 Å². The Morgan fingerprint density at radius 1 is 1.18 bits per heavy atom. The van der Waals surface area contributed by atoms with Crippen molar-refractivity contribution < 1.29 is 14.3 Å². The first-order valence-electron chi connectivity index (χ1n) is 8.59. The lowest BCUT2D eigenvalue weighted by Gasteiger charge is -2.37. The van der Waals surface area contributed by atoms with Gasteiger partial charge in [-0.15, -0.1) is 0 Å². The molecule has 0 N–H and O–H groups in total. The Bertz CT molecular complexity index is 348. The van der Waals surface area contributed by atoms with Gasteiger partial charge in [0.1, 0.15) is 0 Å². The first kappa shape index (κ1) is 19.4.